The number of Topliss-reactive ketones (excluding diaryl/α,β-unsaturated/α-hetero) is 1. The van der Waals surface area contributed by atoms with Crippen molar-refractivity contribution in [3.05, 3.63) is 36.4 Å². The molecule has 1 aliphatic rings. The van der Waals surface area contributed by atoms with Crippen LogP contribution in [-0.4, -0.2) is 39.8 Å². The molecule has 6 nitrogen and oxygen atoms in total. The molecule has 0 amide bonds. The highest BCUT2D eigenvalue weighted by Crippen LogP contribution is 2.32. The fourth-order valence-corrected chi connectivity index (χ4v) is 5.05. The molecule has 7 heteroatoms. The molecule has 0 atom stereocenters. The molecule has 0 saturated heterocycles. The second kappa shape index (κ2) is 9.08. The van der Waals surface area contributed by atoms with Gasteiger partial charge in [-0.25, -0.2) is 4.98 Å². The third kappa shape index (κ3) is 5.52. The molecule has 166 valence electrons. The van der Waals surface area contributed by atoms with Gasteiger partial charge in [-0.15, -0.1) is 0 Å². The Morgan fingerprint density at radius 1 is 1.16 bits per heavy atom. The van der Waals surface area contributed by atoms with Gasteiger partial charge in [0.2, 0.25) is 0 Å². The lowest BCUT2D eigenvalue weighted by Crippen LogP contribution is -2.22. The summed E-state index contributed by atoms with van der Waals surface area (Å²) in [6, 6.07) is 3.43. The molecule has 0 N–H and O–H groups in total. The average molecular weight is 439 g/mol. The van der Waals surface area contributed by atoms with Crippen LogP contribution in [0.25, 0.3) is 22.2 Å². The monoisotopic (exact) mass is 438 g/mol. The molecule has 0 bridgehead atoms. The summed E-state index contributed by atoms with van der Waals surface area (Å²) in [5, 5.41) is 5.51. The lowest BCUT2D eigenvalue weighted by atomic mass is 9.84. The minimum Gasteiger partial charge on any atom is -0.361 e. The van der Waals surface area contributed by atoms with E-state index < -0.39 is 8.07 Å². The van der Waals surface area contributed by atoms with Gasteiger partial charge in [0.15, 0.2) is 0 Å². The molecule has 1 saturated carbocycles. The van der Waals surface area contributed by atoms with E-state index in [-0.39, 0.29) is 0 Å². The molecule has 3 aromatic heterocycles. The van der Waals surface area contributed by atoms with Gasteiger partial charge in [0.1, 0.15) is 18.2 Å². The molecule has 0 spiro atoms. The Hall–Kier alpha value is -2.25. The van der Waals surface area contributed by atoms with Gasteiger partial charge in [-0.3, -0.25) is 9.48 Å². The van der Waals surface area contributed by atoms with Gasteiger partial charge in [-0.2, -0.15) is 5.10 Å². The van der Waals surface area contributed by atoms with Crippen LogP contribution in [-0.2, 0) is 29.7 Å². The van der Waals surface area contributed by atoms with Gasteiger partial charge in [0, 0.05) is 69.7 Å². The average Bonchev–Trinajstić information content (AvgIpc) is 3.30. The highest BCUT2D eigenvalue weighted by molar-refractivity contribution is 6.76. The molecule has 0 aromatic carbocycles. The number of carbonyl (C=O) groups excluding carboxylic acids is 1. The number of aromatic nitrogens is 4. The van der Waals surface area contributed by atoms with Gasteiger partial charge < -0.3 is 9.30 Å². The molecule has 0 aliphatic heterocycles. The van der Waals surface area contributed by atoms with E-state index in [1.54, 1.807) is 0 Å². The lowest BCUT2D eigenvalue weighted by molar-refractivity contribution is -0.121. The van der Waals surface area contributed by atoms with Gasteiger partial charge >= 0.3 is 0 Å². The van der Waals surface area contributed by atoms with E-state index in [0.717, 1.165) is 66.9 Å². The van der Waals surface area contributed by atoms with Crippen molar-refractivity contribution in [2.75, 3.05) is 6.61 Å². The van der Waals surface area contributed by atoms with Crippen LogP contribution in [0, 0.1) is 5.92 Å². The summed E-state index contributed by atoms with van der Waals surface area (Å²) in [5.74, 6) is 0.987. The van der Waals surface area contributed by atoms with E-state index in [0.29, 0.717) is 18.4 Å². The first kappa shape index (κ1) is 22.0. The van der Waals surface area contributed by atoms with Crippen molar-refractivity contribution in [2.24, 2.45) is 13.0 Å². The second-order valence-corrected chi connectivity index (χ2v) is 15.8. The Kier molecular flexibility index (Phi) is 6.43. The largest absolute Gasteiger partial charge is 0.361 e. The molecule has 1 fully saturated rings. The van der Waals surface area contributed by atoms with Crippen molar-refractivity contribution < 1.29 is 9.53 Å². The minimum absolute atomic E-state index is 0.412. The highest BCUT2D eigenvalue weighted by atomic mass is 28.3. The fourth-order valence-electron chi connectivity index (χ4n) is 4.29. The van der Waals surface area contributed by atoms with Crippen LogP contribution in [0.15, 0.2) is 30.9 Å². The topological polar surface area (TPSA) is 61.9 Å². The van der Waals surface area contributed by atoms with E-state index in [4.69, 9.17) is 9.72 Å². The Labute approximate surface area is 185 Å². The standard InChI is InChI=1S/C24H34N4O2Si/c1-27-15-20(14-26-27)23-16-28(17-30-9-10-31(2,3)4)24-22(23)12-19(13-25-24)11-18-5-7-21(29)8-6-18/h12-16,18H,5-11,17H2,1-4H3. The molecule has 3 heterocycles. The zero-order chi connectivity index (χ0) is 22.0. The Morgan fingerprint density at radius 2 is 1.94 bits per heavy atom. The van der Waals surface area contributed by atoms with E-state index in [2.05, 4.69) is 41.6 Å². The zero-order valence-corrected chi connectivity index (χ0v) is 20.2. The predicted octanol–water partition coefficient (Wildman–Crippen LogP) is 5.05. The number of aryl methyl sites for hydroxylation is 1. The van der Waals surface area contributed by atoms with Crippen molar-refractivity contribution in [1.82, 2.24) is 19.3 Å². The molecule has 0 unspecified atom stereocenters. The molecular weight excluding hydrogens is 404 g/mol. The number of ketones is 1. The Morgan fingerprint density at radius 3 is 2.61 bits per heavy atom. The summed E-state index contributed by atoms with van der Waals surface area (Å²) in [5.41, 5.74) is 4.43. The first-order valence-corrected chi connectivity index (χ1v) is 15.1. The minimum atomic E-state index is -1.11. The summed E-state index contributed by atoms with van der Waals surface area (Å²) in [4.78, 5) is 16.4. The molecule has 1 aliphatic carbocycles. The predicted molar refractivity (Wildman–Crippen MR) is 127 cm³/mol. The molecular formula is C24H34N4O2Si. The number of hydrogen-bond donors (Lipinski definition) is 0. The van der Waals surface area contributed by atoms with Crippen molar-refractivity contribution in [1.29, 1.82) is 0 Å². The lowest BCUT2D eigenvalue weighted by Gasteiger charge is -2.20. The van der Waals surface area contributed by atoms with Gasteiger partial charge in [0.25, 0.3) is 0 Å². The number of hydrogen-bond acceptors (Lipinski definition) is 4. The van der Waals surface area contributed by atoms with Crippen LogP contribution < -0.4 is 0 Å². The van der Waals surface area contributed by atoms with Crippen LogP contribution in [0.3, 0.4) is 0 Å². The SMILES string of the molecule is Cn1cc(-c2cn(COCC[Si](C)(C)C)c3ncc(CC4CCC(=O)CC4)cc23)cn1. The van der Waals surface area contributed by atoms with Gasteiger partial charge in [-0.05, 0) is 42.9 Å². The first-order valence-electron chi connectivity index (χ1n) is 11.3. The zero-order valence-electron chi connectivity index (χ0n) is 19.2. The van der Waals surface area contributed by atoms with Crippen molar-refractivity contribution in [3.8, 4) is 11.1 Å². The number of fused-ring (bicyclic) bond motifs is 1. The van der Waals surface area contributed by atoms with Crippen LogP contribution in [0.5, 0.6) is 0 Å². The summed E-state index contributed by atoms with van der Waals surface area (Å²) < 4.78 is 9.97. The highest BCUT2D eigenvalue weighted by Gasteiger charge is 2.20. The van der Waals surface area contributed by atoms with Gasteiger partial charge in [-0.1, -0.05) is 19.6 Å². The number of ether oxygens (including phenoxy) is 1. The quantitative estimate of drug-likeness (QED) is 0.365. The van der Waals surface area contributed by atoms with Crippen LogP contribution in [0.2, 0.25) is 25.7 Å². The summed E-state index contributed by atoms with van der Waals surface area (Å²) >= 11 is 0. The number of rotatable bonds is 8. The molecule has 3 aromatic rings. The van der Waals surface area contributed by atoms with Crippen LogP contribution in [0.4, 0.5) is 0 Å². The van der Waals surface area contributed by atoms with Crippen molar-refractivity contribution in [2.45, 2.75) is 64.5 Å². The van der Waals surface area contributed by atoms with Gasteiger partial charge in [0.05, 0.1) is 6.20 Å². The summed E-state index contributed by atoms with van der Waals surface area (Å²) in [6.07, 6.45) is 12.5. The van der Waals surface area contributed by atoms with Crippen LogP contribution in [0.1, 0.15) is 31.2 Å². The van der Waals surface area contributed by atoms with E-state index >= 15 is 0 Å². The van der Waals surface area contributed by atoms with Crippen LogP contribution >= 0.6 is 0 Å². The summed E-state index contributed by atoms with van der Waals surface area (Å²) in [6.45, 7) is 8.40. The fraction of sp³-hybridized carbons (Fsp3) is 0.542. The molecule has 0 radical (unpaired) electrons. The van der Waals surface area contributed by atoms with Crippen molar-refractivity contribution in [3.63, 3.8) is 0 Å². The maximum absolute atomic E-state index is 11.6. The molecule has 4 rings (SSSR count). The first-order chi connectivity index (χ1) is 14.8. The number of nitrogens with zero attached hydrogens (tertiary/aromatic N) is 4. The normalized spacial score (nSPS) is 15.8. The third-order valence-corrected chi connectivity index (χ3v) is 7.90. The summed E-state index contributed by atoms with van der Waals surface area (Å²) in [7, 11) is 0.832. The number of pyridine rings is 1. The van der Waals surface area contributed by atoms with E-state index in [9.17, 15) is 4.79 Å². The van der Waals surface area contributed by atoms with E-state index in [1.807, 2.05) is 30.3 Å². The van der Waals surface area contributed by atoms with Crippen molar-refractivity contribution >= 4 is 24.9 Å². The third-order valence-electron chi connectivity index (χ3n) is 6.20. The molecule has 31 heavy (non-hydrogen) atoms. The van der Waals surface area contributed by atoms with E-state index in [1.165, 1.54) is 5.56 Å². The Balaban J connectivity index is 1.58. The number of carbonyl (C=O) groups is 1. The Bertz CT molecular complexity index is 1050. The smallest absolute Gasteiger partial charge is 0.142 e. The second-order valence-electron chi connectivity index (χ2n) is 10.2. The maximum Gasteiger partial charge on any atom is 0.142 e. The maximum atomic E-state index is 11.6.